The quantitative estimate of drug-likeness (QED) is 0.856. The predicted molar refractivity (Wildman–Crippen MR) is 82.6 cm³/mol. The van der Waals surface area contributed by atoms with Crippen LogP contribution >= 0.6 is 0 Å². The smallest absolute Gasteiger partial charge is 0.332 e. The fraction of sp³-hybridized carbons (Fsp3) is 0.235. The van der Waals surface area contributed by atoms with Crippen molar-refractivity contribution in [1.29, 1.82) is 0 Å². The molecule has 0 amide bonds. The normalized spacial score (nSPS) is 11.6. The first-order valence-corrected chi connectivity index (χ1v) is 6.69. The van der Waals surface area contributed by atoms with Crippen LogP contribution in [0.2, 0.25) is 0 Å². The van der Waals surface area contributed by atoms with E-state index in [2.05, 4.69) is 5.32 Å². The van der Waals surface area contributed by atoms with Crippen molar-refractivity contribution < 1.29 is 14.3 Å². The lowest BCUT2D eigenvalue weighted by Crippen LogP contribution is -2.22. The summed E-state index contributed by atoms with van der Waals surface area (Å²) in [5.74, 6) is 0.357. The Morgan fingerprint density at radius 2 is 1.81 bits per heavy atom. The molecule has 0 bridgehead atoms. The molecule has 0 saturated heterocycles. The van der Waals surface area contributed by atoms with Crippen LogP contribution in [-0.2, 0) is 9.53 Å². The fourth-order valence-corrected chi connectivity index (χ4v) is 2.03. The summed E-state index contributed by atoms with van der Waals surface area (Å²) in [6.07, 6.45) is 0. The number of methoxy groups -OCH3 is 2. The molecule has 0 aliphatic heterocycles. The average Bonchev–Trinajstić information content (AvgIpc) is 2.53. The van der Waals surface area contributed by atoms with Crippen LogP contribution in [0.3, 0.4) is 0 Å². The minimum absolute atomic E-state index is 0.344. The summed E-state index contributed by atoms with van der Waals surface area (Å²) in [7, 11) is 2.98. The van der Waals surface area contributed by atoms with Crippen LogP contribution in [-0.4, -0.2) is 20.2 Å². The molecular weight excluding hydrogens is 266 g/mol. The Labute approximate surface area is 124 Å². The summed E-state index contributed by atoms with van der Waals surface area (Å²) in [6, 6.07) is 14.6. The van der Waals surface area contributed by atoms with Crippen molar-refractivity contribution in [1.82, 2.24) is 0 Å². The van der Waals surface area contributed by atoms with Crippen molar-refractivity contribution in [2.75, 3.05) is 19.5 Å². The Morgan fingerprint density at radius 1 is 1.10 bits per heavy atom. The number of carbonyl (C=O) groups is 1. The van der Waals surface area contributed by atoms with Gasteiger partial charge in [0.25, 0.3) is 0 Å². The van der Waals surface area contributed by atoms with Gasteiger partial charge in [-0.15, -0.1) is 0 Å². The topological polar surface area (TPSA) is 47.6 Å². The monoisotopic (exact) mass is 285 g/mol. The summed E-state index contributed by atoms with van der Waals surface area (Å²) in [4.78, 5) is 12.1. The van der Waals surface area contributed by atoms with Gasteiger partial charge >= 0.3 is 5.97 Å². The zero-order valence-electron chi connectivity index (χ0n) is 12.4. The Hall–Kier alpha value is -2.49. The van der Waals surface area contributed by atoms with E-state index in [4.69, 9.17) is 9.47 Å². The second-order valence-electron chi connectivity index (χ2n) is 4.74. The maximum absolute atomic E-state index is 12.1. The van der Waals surface area contributed by atoms with Crippen molar-refractivity contribution in [3.05, 3.63) is 59.7 Å². The molecule has 0 aliphatic carbocycles. The van der Waals surface area contributed by atoms with E-state index in [1.807, 2.05) is 55.5 Å². The van der Waals surface area contributed by atoms with Crippen LogP contribution in [0.5, 0.6) is 5.75 Å². The number of aryl methyl sites for hydroxylation is 1. The standard InChI is InChI=1S/C17H19NO3/c1-12-7-9-14(10-8-12)18-16(17(19)21-3)13-5-4-6-15(11-13)20-2/h4-11,16,18H,1-3H3. The van der Waals surface area contributed by atoms with Gasteiger partial charge in [-0.1, -0.05) is 29.8 Å². The van der Waals surface area contributed by atoms with E-state index < -0.39 is 6.04 Å². The van der Waals surface area contributed by atoms with Gasteiger partial charge in [-0.25, -0.2) is 4.79 Å². The molecule has 0 spiro atoms. The molecule has 2 aromatic rings. The number of anilines is 1. The molecule has 21 heavy (non-hydrogen) atoms. The van der Waals surface area contributed by atoms with E-state index in [1.165, 1.54) is 7.11 Å². The number of esters is 1. The van der Waals surface area contributed by atoms with Crippen LogP contribution in [0, 0.1) is 6.92 Å². The molecule has 4 nitrogen and oxygen atoms in total. The SMILES string of the molecule is COC(=O)C(Nc1ccc(C)cc1)c1cccc(OC)c1. The average molecular weight is 285 g/mol. The molecule has 0 heterocycles. The van der Waals surface area contributed by atoms with E-state index in [-0.39, 0.29) is 5.97 Å². The molecule has 1 N–H and O–H groups in total. The third-order valence-corrected chi connectivity index (χ3v) is 3.23. The summed E-state index contributed by atoms with van der Waals surface area (Å²) in [5.41, 5.74) is 2.82. The maximum atomic E-state index is 12.1. The Bertz CT molecular complexity index is 608. The first-order valence-electron chi connectivity index (χ1n) is 6.69. The molecule has 1 atom stereocenters. The molecule has 0 saturated carbocycles. The molecule has 2 rings (SSSR count). The Balaban J connectivity index is 2.29. The van der Waals surface area contributed by atoms with Crippen LogP contribution in [0.15, 0.2) is 48.5 Å². The van der Waals surface area contributed by atoms with Gasteiger partial charge < -0.3 is 14.8 Å². The van der Waals surface area contributed by atoms with E-state index in [1.54, 1.807) is 7.11 Å². The molecule has 0 fully saturated rings. The van der Waals surface area contributed by atoms with Gasteiger partial charge in [-0.05, 0) is 36.8 Å². The van der Waals surface area contributed by atoms with E-state index in [9.17, 15) is 4.79 Å². The number of ether oxygens (including phenoxy) is 2. The Morgan fingerprint density at radius 3 is 2.43 bits per heavy atom. The molecule has 110 valence electrons. The number of nitrogens with one attached hydrogen (secondary N) is 1. The third kappa shape index (κ3) is 3.75. The molecule has 0 aliphatic rings. The Kier molecular flexibility index (Phi) is 4.82. The summed E-state index contributed by atoms with van der Waals surface area (Å²) in [5, 5.41) is 3.19. The predicted octanol–water partition coefficient (Wildman–Crippen LogP) is 3.33. The van der Waals surface area contributed by atoms with Gasteiger partial charge in [0.1, 0.15) is 5.75 Å². The number of carbonyl (C=O) groups excluding carboxylic acids is 1. The summed E-state index contributed by atoms with van der Waals surface area (Å²) >= 11 is 0. The highest BCUT2D eigenvalue weighted by molar-refractivity contribution is 5.81. The third-order valence-electron chi connectivity index (χ3n) is 3.23. The first-order chi connectivity index (χ1) is 10.1. The van der Waals surface area contributed by atoms with Crippen molar-refractivity contribution in [2.45, 2.75) is 13.0 Å². The first kappa shape index (κ1) is 14.9. The minimum Gasteiger partial charge on any atom is -0.497 e. The van der Waals surface area contributed by atoms with Crippen molar-refractivity contribution in [3.63, 3.8) is 0 Å². The maximum Gasteiger partial charge on any atom is 0.332 e. The van der Waals surface area contributed by atoms with E-state index >= 15 is 0 Å². The molecular formula is C17H19NO3. The minimum atomic E-state index is -0.576. The number of hydrogen-bond donors (Lipinski definition) is 1. The molecule has 1 unspecified atom stereocenters. The lowest BCUT2D eigenvalue weighted by molar-refractivity contribution is -0.141. The lowest BCUT2D eigenvalue weighted by atomic mass is 10.1. The number of rotatable bonds is 5. The second kappa shape index (κ2) is 6.79. The largest absolute Gasteiger partial charge is 0.497 e. The van der Waals surface area contributed by atoms with Gasteiger partial charge in [-0.2, -0.15) is 0 Å². The van der Waals surface area contributed by atoms with E-state index in [0.29, 0.717) is 5.75 Å². The van der Waals surface area contributed by atoms with Crippen LogP contribution < -0.4 is 10.1 Å². The van der Waals surface area contributed by atoms with Crippen molar-refractivity contribution in [2.24, 2.45) is 0 Å². The zero-order valence-corrected chi connectivity index (χ0v) is 12.4. The molecule has 0 radical (unpaired) electrons. The highest BCUT2D eigenvalue weighted by atomic mass is 16.5. The second-order valence-corrected chi connectivity index (χ2v) is 4.74. The van der Waals surface area contributed by atoms with E-state index in [0.717, 1.165) is 16.8 Å². The number of hydrogen-bond acceptors (Lipinski definition) is 4. The molecule has 0 aromatic heterocycles. The van der Waals surface area contributed by atoms with Gasteiger partial charge in [0.15, 0.2) is 6.04 Å². The van der Waals surface area contributed by atoms with Crippen LogP contribution in [0.4, 0.5) is 5.69 Å². The zero-order chi connectivity index (χ0) is 15.2. The fourth-order valence-electron chi connectivity index (χ4n) is 2.03. The van der Waals surface area contributed by atoms with Crippen molar-refractivity contribution >= 4 is 11.7 Å². The molecule has 2 aromatic carbocycles. The summed E-state index contributed by atoms with van der Waals surface area (Å²) < 4.78 is 10.1. The van der Waals surface area contributed by atoms with Gasteiger partial charge in [0, 0.05) is 5.69 Å². The van der Waals surface area contributed by atoms with Crippen molar-refractivity contribution in [3.8, 4) is 5.75 Å². The lowest BCUT2D eigenvalue weighted by Gasteiger charge is -2.18. The summed E-state index contributed by atoms with van der Waals surface area (Å²) in [6.45, 7) is 2.02. The molecule has 4 heteroatoms. The van der Waals surface area contributed by atoms with Crippen LogP contribution in [0.25, 0.3) is 0 Å². The van der Waals surface area contributed by atoms with Gasteiger partial charge in [0.05, 0.1) is 14.2 Å². The van der Waals surface area contributed by atoms with Gasteiger partial charge in [0.2, 0.25) is 0 Å². The van der Waals surface area contributed by atoms with Gasteiger partial charge in [-0.3, -0.25) is 0 Å². The number of benzene rings is 2. The highest BCUT2D eigenvalue weighted by Crippen LogP contribution is 2.24. The highest BCUT2D eigenvalue weighted by Gasteiger charge is 2.21. The van der Waals surface area contributed by atoms with Crippen LogP contribution in [0.1, 0.15) is 17.2 Å².